The van der Waals surface area contributed by atoms with Crippen LogP contribution in [0.25, 0.3) is 0 Å². The lowest BCUT2D eigenvalue weighted by molar-refractivity contribution is -0.132. The maximum absolute atomic E-state index is 12.8. The zero-order valence-electron chi connectivity index (χ0n) is 15.5. The molecule has 0 radical (unpaired) electrons. The van der Waals surface area contributed by atoms with E-state index in [0.717, 1.165) is 36.5 Å². The van der Waals surface area contributed by atoms with Crippen molar-refractivity contribution in [3.63, 3.8) is 0 Å². The van der Waals surface area contributed by atoms with Crippen LogP contribution in [0.3, 0.4) is 0 Å². The highest BCUT2D eigenvalue weighted by atomic mass is 16.5. The summed E-state index contributed by atoms with van der Waals surface area (Å²) in [6.07, 6.45) is 6.54. The van der Waals surface area contributed by atoms with E-state index in [2.05, 4.69) is 10.2 Å². The van der Waals surface area contributed by atoms with Gasteiger partial charge in [0.1, 0.15) is 17.9 Å². The van der Waals surface area contributed by atoms with Crippen molar-refractivity contribution in [3.8, 4) is 5.75 Å². The number of nitrogens with zero attached hydrogens (tertiary/aromatic N) is 4. The summed E-state index contributed by atoms with van der Waals surface area (Å²) in [4.78, 5) is 14.8. The molecule has 1 amide bonds. The molecular weight excluding hydrogens is 328 g/mol. The number of benzene rings is 1. The van der Waals surface area contributed by atoms with Crippen molar-refractivity contribution in [2.24, 2.45) is 12.5 Å². The monoisotopic (exact) mass is 354 g/mol. The molecule has 0 N–H and O–H groups in total. The van der Waals surface area contributed by atoms with Gasteiger partial charge in [-0.1, -0.05) is 25.0 Å². The molecule has 1 aliphatic heterocycles. The van der Waals surface area contributed by atoms with Crippen LogP contribution < -0.4 is 4.74 Å². The van der Waals surface area contributed by atoms with E-state index in [-0.39, 0.29) is 23.8 Å². The molecule has 2 fully saturated rings. The molecule has 1 unspecified atom stereocenters. The lowest BCUT2D eigenvalue weighted by atomic mass is 9.76. The van der Waals surface area contributed by atoms with E-state index in [9.17, 15) is 4.79 Å². The Labute approximate surface area is 154 Å². The highest BCUT2D eigenvalue weighted by Crippen LogP contribution is 2.52. The van der Waals surface area contributed by atoms with Gasteiger partial charge in [0.15, 0.2) is 6.61 Å². The highest BCUT2D eigenvalue weighted by Gasteiger charge is 2.51. The van der Waals surface area contributed by atoms with Crippen molar-refractivity contribution in [1.29, 1.82) is 0 Å². The van der Waals surface area contributed by atoms with E-state index in [1.165, 1.54) is 12.8 Å². The number of carbonyl (C=O) groups excluding carboxylic acids is 1. The molecule has 2 heterocycles. The second kappa shape index (κ2) is 6.74. The van der Waals surface area contributed by atoms with Crippen molar-refractivity contribution in [2.75, 3.05) is 19.7 Å². The van der Waals surface area contributed by atoms with Gasteiger partial charge in [-0.25, -0.2) is 0 Å². The number of aromatic nitrogens is 3. The predicted octanol–water partition coefficient (Wildman–Crippen LogP) is 2.69. The van der Waals surface area contributed by atoms with Gasteiger partial charge >= 0.3 is 0 Å². The normalized spacial score (nSPS) is 21.5. The molecular formula is C20H26N4O2. The first-order chi connectivity index (χ1) is 12.6. The van der Waals surface area contributed by atoms with E-state index in [1.807, 2.05) is 47.7 Å². The predicted molar refractivity (Wildman–Crippen MR) is 97.9 cm³/mol. The van der Waals surface area contributed by atoms with Gasteiger partial charge in [-0.15, -0.1) is 10.2 Å². The summed E-state index contributed by atoms with van der Waals surface area (Å²) in [6.45, 7) is 3.62. The number of carbonyl (C=O) groups is 1. The molecule has 1 saturated carbocycles. The molecule has 26 heavy (non-hydrogen) atoms. The molecule has 138 valence electrons. The second-order valence-corrected chi connectivity index (χ2v) is 7.80. The van der Waals surface area contributed by atoms with Gasteiger partial charge in [-0.05, 0) is 42.9 Å². The van der Waals surface area contributed by atoms with Gasteiger partial charge in [0.2, 0.25) is 0 Å². The summed E-state index contributed by atoms with van der Waals surface area (Å²) in [5.74, 6) is 2.07. The van der Waals surface area contributed by atoms with Crippen LogP contribution in [-0.2, 0) is 11.8 Å². The highest BCUT2D eigenvalue weighted by molar-refractivity contribution is 5.78. The first kappa shape index (κ1) is 17.1. The molecule has 2 aliphatic rings. The Kier molecular flexibility index (Phi) is 4.42. The fourth-order valence-corrected chi connectivity index (χ4v) is 4.65. The molecule has 1 aromatic heterocycles. The molecule has 0 bridgehead atoms. The molecule has 1 aliphatic carbocycles. The third-order valence-corrected chi connectivity index (χ3v) is 6.01. The van der Waals surface area contributed by atoms with Crippen LogP contribution >= 0.6 is 0 Å². The summed E-state index contributed by atoms with van der Waals surface area (Å²) < 4.78 is 7.74. The zero-order valence-corrected chi connectivity index (χ0v) is 15.5. The summed E-state index contributed by atoms with van der Waals surface area (Å²) in [5.41, 5.74) is 1.28. The number of rotatable bonds is 4. The van der Waals surface area contributed by atoms with Crippen LogP contribution in [0.4, 0.5) is 0 Å². The number of hydrogen-bond acceptors (Lipinski definition) is 4. The average molecular weight is 354 g/mol. The third-order valence-electron chi connectivity index (χ3n) is 6.01. The molecule has 1 atom stereocenters. The maximum atomic E-state index is 12.8. The first-order valence-corrected chi connectivity index (χ1v) is 9.38. The van der Waals surface area contributed by atoms with Crippen LogP contribution in [0.15, 0.2) is 30.6 Å². The smallest absolute Gasteiger partial charge is 0.260 e. The van der Waals surface area contributed by atoms with Crippen LogP contribution in [0.2, 0.25) is 0 Å². The van der Waals surface area contributed by atoms with Crippen LogP contribution in [-0.4, -0.2) is 45.3 Å². The van der Waals surface area contributed by atoms with Crippen molar-refractivity contribution < 1.29 is 9.53 Å². The maximum Gasteiger partial charge on any atom is 0.260 e. The molecule has 1 spiro atoms. The summed E-state index contributed by atoms with van der Waals surface area (Å²) in [7, 11) is 1.99. The minimum atomic E-state index is 0.0578. The first-order valence-electron chi connectivity index (χ1n) is 9.38. The summed E-state index contributed by atoms with van der Waals surface area (Å²) in [5, 5.41) is 8.42. The fraction of sp³-hybridized carbons (Fsp3) is 0.550. The van der Waals surface area contributed by atoms with Gasteiger partial charge in [0.25, 0.3) is 5.91 Å². The Morgan fingerprint density at radius 1 is 1.35 bits per heavy atom. The van der Waals surface area contributed by atoms with E-state index in [1.54, 1.807) is 6.33 Å². The molecule has 6 heteroatoms. The third kappa shape index (κ3) is 3.08. The second-order valence-electron chi connectivity index (χ2n) is 7.80. The van der Waals surface area contributed by atoms with E-state index < -0.39 is 0 Å². The Morgan fingerprint density at radius 2 is 2.15 bits per heavy atom. The summed E-state index contributed by atoms with van der Waals surface area (Å²) >= 11 is 0. The van der Waals surface area contributed by atoms with E-state index >= 15 is 0 Å². The van der Waals surface area contributed by atoms with Crippen LogP contribution in [0, 0.1) is 12.3 Å². The van der Waals surface area contributed by atoms with Gasteiger partial charge in [-0.3, -0.25) is 4.79 Å². The number of ether oxygens (including phenoxy) is 1. The van der Waals surface area contributed by atoms with Crippen molar-refractivity contribution in [1.82, 2.24) is 19.7 Å². The van der Waals surface area contributed by atoms with Crippen LogP contribution in [0.1, 0.15) is 43.0 Å². The van der Waals surface area contributed by atoms with Crippen molar-refractivity contribution in [2.45, 2.75) is 38.5 Å². The Balaban J connectivity index is 1.47. The average Bonchev–Trinajstić information content (AvgIpc) is 3.34. The number of likely N-dealkylation sites (tertiary alicyclic amines) is 1. The van der Waals surface area contributed by atoms with Crippen molar-refractivity contribution >= 4 is 5.91 Å². The minimum absolute atomic E-state index is 0.0578. The minimum Gasteiger partial charge on any atom is -0.484 e. The zero-order chi connectivity index (χ0) is 18.1. The topological polar surface area (TPSA) is 60.2 Å². The van der Waals surface area contributed by atoms with E-state index in [0.29, 0.717) is 6.54 Å². The summed E-state index contributed by atoms with van der Waals surface area (Å²) in [6, 6.07) is 7.82. The lowest BCUT2D eigenvalue weighted by Crippen LogP contribution is -2.34. The standard InChI is InChI=1S/C20H26N4O2/c1-15-6-5-7-16(10-15)26-12-18(25)24-11-17(19-22-21-14-23(19)2)20(13-24)8-3-4-9-20/h5-7,10,14,17H,3-4,8-9,11-13H2,1-2H3. The van der Waals surface area contributed by atoms with E-state index in [4.69, 9.17) is 4.74 Å². The Hall–Kier alpha value is -2.37. The molecule has 2 aromatic rings. The molecule has 1 saturated heterocycles. The fourth-order valence-electron chi connectivity index (χ4n) is 4.65. The molecule has 4 rings (SSSR count). The van der Waals surface area contributed by atoms with Crippen LogP contribution in [0.5, 0.6) is 5.75 Å². The molecule has 1 aromatic carbocycles. The number of hydrogen-bond donors (Lipinski definition) is 0. The lowest BCUT2D eigenvalue weighted by Gasteiger charge is -2.28. The Morgan fingerprint density at radius 3 is 2.85 bits per heavy atom. The largest absolute Gasteiger partial charge is 0.484 e. The van der Waals surface area contributed by atoms with Gasteiger partial charge in [-0.2, -0.15) is 0 Å². The Bertz CT molecular complexity index is 795. The van der Waals surface area contributed by atoms with Gasteiger partial charge < -0.3 is 14.2 Å². The van der Waals surface area contributed by atoms with Gasteiger partial charge in [0, 0.05) is 26.1 Å². The SMILES string of the molecule is Cc1cccc(OCC(=O)N2CC(c3nncn3C)C3(CCCC3)C2)c1. The number of aryl methyl sites for hydroxylation is 2. The number of amides is 1. The quantitative estimate of drug-likeness (QED) is 0.847. The van der Waals surface area contributed by atoms with Crippen molar-refractivity contribution in [3.05, 3.63) is 42.0 Å². The van der Waals surface area contributed by atoms with Gasteiger partial charge in [0.05, 0.1) is 0 Å². The molecule has 6 nitrogen and oxygen atoms in total.